The van der Waals surface area contributed by atoms with Gasteiger partial charge in [0, 0.05) is 19.2 Å². The highest BCUT2D eigenvalue weighted by Gasteiger charge is 2.20. The lowest BCUT2D eigenvalue weighted by Gasteiger charge is -2.29. The first-order valence-electron chi connectivity index (χ1n) is 5.56. The Labute approximate surface area is 108 Å². The van der Waals surface area contributed by atoms with Gasteiger partial charge in [-0.05, 0) is 41.9 Å². The molecule has 1 fully saturated rings. The predicted octanol–water partition coefficient (Wildman–Crippen LogP) is 3.20. The van der Waals surface area contributed by atoms with E-state index in [4.69, 9.17) is 4.74 Å². The summed E-state index contributed by atoms with van der Waals surface area (Å²) in [6.45, 7) is 1.84. The van der Waals surface area contributed by atoms with Gasteiger partial charge in [0.25, 0.3) is 0 Å². The van der Waals surface area contributed by atoms with Crippen LogP contribution < -0.4 is 4.74 Å². The summed E-state index contributed by atoms with van der Waals surface area (Å²) in [5.41, 5.74) is 0. The van der Waals surface area contributed by atoms with E-state index >= 15 is 0 Å². The van der Waals surface area contributed by atoms with Gasteiger partial charge in [-0.25, -0.2) is 8.78 Å². The molecule has 1 heterocycles. The lowest BCUT2D eigenvalue weighted by atomic mass is 10.1. The monoisotopic (exact) mass is 305 g/mol. The number of piperidine rings is 1. The van der Waals surface area contributed by atoms with Crippen molar-refractivity contribution in [1.29, 1.82) is 0 Å². The van der Waals surface area contributed by atoms with E-state index in [9.17, 15) is 8.78 Å². The van der Waals surface area contributed by atoms with Crippen LogP contribution in [0.5, 0.6) is 5.75 Å². The summed E-state index contributed by atoms with van der Waals surface area (Å²) in [5.74, 6) is -1.04. The van der Waals surface area contributed by atoms with E-state index in [1.54, 1.807) is 0 Å². The summed E-state index contributed by atoms with van der Waals surface area (Å²) in [5, 5.41) is 0. The maximum Gasteiger partial charge on any atom is 0.166 e. The zero-order valence-electron chi connectivity index (χ0n) is 9.55. The van der Waals surface area contributed by atoms with Crippen LogP contribution in [-0.2, 0) is 0 Å². The topological polar surface area (TPSA) is 12.5 Å². The number of hydrogen-bond donors (Lipinski definition) is 0. The Hall–Kier alpha value is -0.680. The van der Waals surface area contributed by atoms with Crippen LogP contribution in [0.4, 0.5) is 8.78 Å². The summed E-state index contributed by atoms with van der Waals surface area (Å²) in [6, 6.07) is 2.19. The molecule has 2 rings (SSSR count). The molecule has 0 aliphatic carbocycles. The molecule has 1 aliphatic heterocycles. The molecule has 1 aromatic carbocycles. The van der Waals surface area contributed by atoms with E-state index in [1.165, 1.54) is 0 Å². The molecule has 0 saturated carbocycles. The highest BCUT2D eigenvalue weighted by molar-refractivity contribution is 9.10. The molecule has 5 heteroatoms. The molecule has 0 atom stereocenters. The van der Waals surface area contributed by atoms with Crippen molar-refractivity contribution in [3.05, 3.63) is 28.2 Å². The number of halogens is 3. The Morgan fingerprint density at radius 1 is 1.24 bits per heavy atom. The van der Waals surface area contributed by atoms with Crippen LogP contribution in [0.15, 0.2) is 16.6 Å². The number of benzene rings is 1. The van der Waals surface area contributed by atoms with E-state index in [2.05, 4.69) is 20.8 Å². The predicted molar refractivity (Wildman–Crippen MR) is 65.2 cm³/mol. The van der Waals surface area contributed by atoms with Crippen molar-refractivity contribution in [1.82, 2.24) is 4.90 Å². The quantitative estimate of drug-likeness (QED) is 0.778. The fourth-order valence-electron chi connectivity index (χ4n) is 1.88. The van der Waals surface area contributed by atoms with Crippen molar-refractivity contribution in [3.63, 3.8) is 0 Å². The molecular weight excluding hydrogens is 292 g/mol. The molecular formula is C12H14BrF2NO. The normalized spacial score (nSPS) is 18.4. The molecule has 0 bridgehead atoms. The summed E-state index contributed by atoms with van der Waals surface area (Å²) >= 11 is 2.94. The first-order valence-corrected chi connectivity index (χ1v) is 6.35. The van der Waals surface area contributed by atoms with Crippen LogP contribution in [0.3, 0.4) is 0 Å². The Bertz CT molecular complexity index is 406. The molecule has 0 spiro atoms. The van der Waals surface area contributed by atoms with E-state index in [-0.39, 0.29) is 16.3 Å². The molecule has 17 heavy (non-hydrogen) atoms. The maximum absolute atomic E-state index is 13.5. The van der Waals surface area contributed by atoms with Gasteiger partial charge in [0.1, 0.15) is 11.9 Å². The Balaban J connectivity index is 2.06. The van der Waals surface area contributed by atoms with E-state index < -0.39 is 11.6 Å². The van der Waals surface area contributed by atoms with E-state index in [1.807, 2.05) is 7.05 Å². The third-order valence-corrected chi connectivity index (χ3v) is 3.54. The molecule has 0 unspecified atom stereocenters. The molecule has 94 valence electrons. The summed E-state index contributed by atoms with van der Waals surface area (Å²) in [7, 11) is 2.04. The summed E-state index contributed by atoms with van der Waals surface area (Å²) in [4.78, 5) is 2.19. The Kier molecular flexibility index (Phi) is 3.99. The van der Waals surface area contributed by atoms with Gasteiger partial charge in [-0.1, -0.05) is 0 Å². The molecule has 2 nitrogen and oxygen atoms in total. The van der Waals surface area contributed by atoms with Crippen molar-refractivity contribution in [3.8, 4) is 5.75 Å². The van der Waals surface area contributed by atoms with Crippen LogP contribution in [0.2, 0.25) is 0 Å². The number of hydrogen-bond acceptors (Lipinski definition) is 2. The minimum absolute atomic E-state index is 0.000234. The van der Waals surface area contributed by atoms with Crippen molar-refractivity contribution in [2.24, 2.45) is 0 Å². The van der Waals surface area contributed by atoms with Gasteiger partial charge >= 0.3 is 0 Å². The lowest BCUT2D eigenvalue weighted by molar-refractivity contribution is 0.110. The Morgan fingerprint density at radius 2 is 1.88 bits per heavy atom. The number of likely N-dealkylation sites (tertiary alicyclic amines) is 1. The number of rotatable bonds is 2. The van der Waals surface area contributed by atoms with Crippen LogP contribution in [0.25, 0.3) is 0 Å². The van der Waals surface area contributed by atoms with E-state index in [0.717, 1.165) is 38.1 Å². The highest BCUT2D eigenvalue weighted by Crippen LogP contribution is 2.27. The molecule has 1 aromatic rings. The van der Waals surface area contributed by atoms with Gasteiger partial charge in [0.2, 0.25) is 0 Å². The second-order valence-electron chi connectivity index (χ2n) is 4.32. The van der Waals surface area contributed by atoms with Crippen molar-refractivity contribution in [2.45, 2.75) is 18.9 Å². The van der Waals surface area contributed by atoms with Gasteiger partial charge in [-0.3, -0.25) is 0 Å². The summed E-state index contributed by atoms with van der Waals surface area (Å²) in [6.07, 6.45) is 1.66. The van der Waals surface area contributed by atoms with Gasteiger partial charge < -0.3 is 9.64 Å². The third kappa shape index (κ3) is 3.16. The SMILES string of the molecule is CN1CCC(Oc2cc(F)c(Br)cc2F)CC1. The fourth-order valence-corrected chi connectivity index (χ4v) is 2.19. The van der Waals surface area contributed by atoms with Crippen molar-refractivity contribution >= 4 is 15.9 Å². The number of nitrogens with zero attached hydrogens (tertiary/aromatic N) is 1. The van der Waals surface area contributed by atoms with Gasteiger partial charge in [0.05, 0.1) is 4.47 Å². The standard InChI is InChI=1S/C12H14BrF2NO/c1-16-4-2-8(3-5-16)17-12-7-10(14)9(13)6-11(12)15/h6-8H,2-5H2,1H3. The number of ether oxygens (including phenoxy) is 1. The van der Waals surface area contributed by atoms with Crippen LogP contribution in [-0.4, -0.2) is 31.1 Å². The fraction of sp³-hybridized carbons (Fsp3) is 0.500. The summed E-state index contributed by atoms with van der Waals surface area (Å²) < 4.78 is 32.4. The Morgan fingerprint density at radius 3 is 2.53 bits per heavy atom. The lowest BCUT2D eigenvalue weighted by Crippen LogP contribution is -2.35. The molecule has 1 aliphatic rings. The molecule has 1 saturated heterocycles. The average molecular weight is 306 g/mol. The van der Waals surface area contributed by atoms with Crippen LogP contribution in [0, 0.1) is 11.6 Å². The second-order valence-corrected chi connectivity index (χ2v) is 5.17. The highest BCUT2D eigenvalue weighted by atomic mass is 79.9. The molecule has 0 amide bonds. The van der Waals surface area contributed by atoms with Crippen molar-refractivity contribution in [2.75, 3.05) is 20.1 Å². The molecule has 0 N–H and O–H groups in total. The van der Waals surface area contributed by atoms with Crippen molar-refractivity contribution < 1.29 is 13.5 Å². The molecule has 0 radical (unpaired) electrons. The third-order valence-electron chi connectivity index (χ3n) is 2.93. The first kappa shape index (κ1) is 12.8. The van der Waals surface area contributed by atoms with Crippen LogP contribution in [0.1, 0.15) is 12.8 Å². The van der Waals surface area contributed by atoms with Gasteiger partial charge in [-0.15, -0.1) is 0 Å². The smallest absolute Gasteiger partial charge is 0.166 e. The zero-order chi connectivity index (χ0) is 12.4. The van der Waals surface area contributed by atoms with Crippen LogP contribution >= 0.6 is 15.9 Å². The largest absolute Gasteiger partial charge is 0.487 e. The maximum atomic E-state index is 13.5. The van der Waals surface area contributed by atoms with Gasteiger partial charge in [0.15, 0.2) is 11.6 Å². The second kappa shape index (κ2) is 5.31. The minimum atomic E-state index is -0.530. The zero-order valence-corrected chi connectivity index (χ0v) is 11.1. The van der Waals surface area contributed by atoms with E-state index in [0.29, 0.717) is 0 Å². The average Bonchev–Trinajstić information content (AvgIpc) is 2.29. The first-order chi connectivity index (χ1) is 8.06. The van der Waals surface area contributed by atoms with Gasteiger partial charge in [-0.2, -0.15) is 0 Å². The molecule has 0 aromatic heterocycles. The minimum Gasteiger partial charge on any atom is -0.487 e.